The molecule has 0 fully saturated rings. The van der Waals surface area contributed by atoms with E-state index < -0.39 is 6.04 Å². The van der Waals surface area contributed by atoms with Crippen LogP contribution >= 0.6 is 15.9 Å². The van der Waals surface area contributed by atoms with Crippen LogP contribution in [0.25, 0.3) is 0 Å². The summed E-state index contributed by atoms with van der Waals surface area (Å²) in [4.78, 5) is 27.3. The van der Waals surface area contributed by atoms with E-state index in [1.54, 1.807) is 11.8 Å². The van der Waals surface area contributed by atoms with Gasteiger partial charge < -0.3 is 15.0 Å². The average Bonchev–Trinajstić information content (AvgIpc) is 2.73. The Hall–Kier alpha value is -2.34. The molecule has 0 aliphatic heterocycles. The molecule has 1 atom stereocenters. The van der Waals surface area contributed by atoms with Crippen molar-refractivity contribution in [3.05, 3.63) is 64.1 Å². The maximum atomic E-state index is 13.1. The predicted molar refractivity (Wildman–Crippen MR) is 123 cm³/mol. The van der Waals surface area contributed by atoms with Gasteiger partial charge in [0.05, 0.1) is 0 Å². The summed E-state index contributed by atoms with van der Waals surface area (Å²) in [6.07, 6.45) is 0.840. The summed E-state index contributed by atoms with van der Waals surface area (Å²) in [6, 6.07) is 14.9. The van der Waals surface area contributed by atoms with E-state index in [0.717, 1.165) is 22.0 Å². The Bertz CT molecular complexity index is 854. The number of carbonyl (C=O) groups is 2. The molecule has 0 heterocycles. The number of hydrogen-bond donors (Lipinski definition) is 1. The maximum Gasteiger partial charge on any atom is 0.261 e. The highest BCUT2D eigenvalue weighted by Crippen LogP contribution is 2.26. The van der Waals surface area contributed by atoms with Crippen molar-refractivity contribution < 1.29 is 14.3 Å². The highest BCUT2D eigenvalue weighted by molar-refractivity contribution is 9.10. The van der Waals surface area contributed by atoms with Gasteiger partial charge in [-0.1, -0.05) is 67.0 Å². The zero-order chi connectivity index (χ0) is 22.1. The Kier molecular flexibility index (Phi) is 9.37. The van der Waals surface area contributed by atoms with Crippen LogP contribution in [0.5, 0.6) is 5.75 Å². The summed E-state index contributed by atoms with van der Waals surface area (Å²) in [5, 5.41) is 2.88. The minimum atomic E-state index is -0.605. The number of amides is 2. The fourth-order valence-corrected chi connectivity index (χ4v) is 3.57. The Labute approximate surface area is 187 Å². The monoisotopic (exact) mass is 474 g/mol. The molecule has 2 amide bonds. The fraction of sp³-hybridized carbons (Fsp3) is 0.417. The second-order valence-corrected chi connectivity index (χ2v) is 8.52. The van der Waals surface area contributed by atoms with Gasteiger partial charge in [-0.2, -0.15) is 0 Å². The lowest BCUT2D eigenvalue weighted by Gasteiger charge is -2.29. The van der Waals surface area contributed by atoms with Crippen LogP contribution in [0.15, 0.2) is 53.0 Å². The van der Waals surface area contributed by atoms with Crippen LogP contribution in [-0.4, -0.2) is 35.9 Å². The molecular weight excluding hydrogens is 444 g/mol. The number of halogens is 1. The van der Waals surface area contributed by atoms with Gasteiger partial charge in [-0.15, -0.1) is 0 Å². The molecule has 2 aromatic carbocycles. The number of hydrogen-bond acceptors (Lipinski definition) is 3. The summed E-state index contributed by atoms with van der Waals surface area (Å²) in [6.45, 7) is 8.71. The molecule has 0 saturated carbocycles. The lowest BCUT2D eigenvalue weighted by molar-refractivity contribution is -0.142. The highest BCUT2D eigenvalue weighted by Gasteiger charge is 2.26. The molecular formula is C24H31BrN2O3. The van der Waals surface area contributed by atoms with Crippen LogP contribution in [0, 0.1) is 0 Å². The van der Waals surface area contributed by atoms with Gasteiger partial charge in [0, 0.05) is 17.6 Å². The van der Waals surface area contributed by atoms with E-state index in [9.17, 15) is 9.59 Å². The second-order valence-electron chi connectivity index (χ2n) is 7.60. The minimum absolute atomic E-state index is 0.122. The van der Waals surface area contributed by atoms with Gasteiger partial charge in [0.15, 0.2) is 6.61 Å². The molecule has 2 rings (SSSR count). The highest BCUT2D eigenvalue weighted by atomic mass is 79.9. The van der Waals surface area contributed by atoms with Crippen LogP contribution in [0.1, 0.15) is 51.2 Å². The summed E-state index contributed by atoms with van der Waals surface area (Å²) in [7, 11) is 0. The summed E-state index contributed by atoms with van der Waals surface area (Å²) < 4.78 is 6.81. The number of benzene rings is 2. The summed E-state index contributed by atoms with van der Waals surface area (Å²) >= 11 is 3.46. The number of carbonyl (C=O) groups excluding carboxylic acids is 2. The molecule has 0 spiro atoms. The van der Waals surface area contributed by atoms with E-state index in [-0.39, 0.29) is 24.3 Å². The number of para-hydroxylation sites is 1. The van der Waals surface area contributed by atoms with Crippen LogP contribution in [0.2, 0.25) is 0 Å². The minimum Gasteiger partial charge on any atom is -0.483 e. The smallest absolute Gasteiger partial charge is 0.261 e. The van der Waals surface area contributed by atoms with Crippen molar-refractivity contribution in [1.82, 2.24) is 10.2 Å². The fourth-order valence-electron chi connectivity index (χ4n) is 3.12. The zero-order valence-corrected chi connectivity index (χ0v) is 19.7. The van der Waals surface area contributed by atoms with Gasteiger partial charge in [-0.3, -0.25) is 9.59 Å². The molecule has 5 nitrogen and oxygen atoms in total. The Morgan fingerprint density at radius 2 is 1.83 bits per heavy atom. The number of rotatable bonds is 10. The SMILES string of the molecule is CCCNC(=O)[C@@H](C)N(Cc1cccc(Br)c1)C(=O)COc1ccccc1C(C)C. The van der Waals surface area contributed by atoms with E-state index in [0.29, 0.717) is 18.8 Å². The number of nitrogens with one attached hydrogen (secondary N) is 1. The molecule has 0 radical (unpaired) electrons. The van der Waals surface area contributed by atoms with Gasteiger partial charge >= 0.3 is 0 Å². The van der Waals surface area contributed by atoms with Gasteiger partial charge in [-0.25, -0.2) is 0 Å². The standard InChI is InChI=1S/C24H31BrN2O3/c1-5-13-26-24(29)18(4)27(15-19-9-8-10-20(25)14-19)23(28)16-30-22-12-7-6-11-21(22)17(2)3/h6-12,14,17-18H,5,13,15-16H2,1-4H3,(H,26,29)/t18-/m1/s1. The van der Waals surface area contributed by atoms with Gasteiger partial charge in [0.1, 0.15) is 11.8 Å². The molecule has 0 aromatic heterocycles. The third kappa shape index (κ3) is 6.87. The van der Waals surface area contributed by atoms with Gasteiger partial charge in [0.25, 0.3) is 5.91 Å². The largest absolute Gasteiger partial charge is 0.483 e. The summed E-state index contributed by atoms with van der Waals surface area (Å²) in [5.41, 5.74) is 1.99. The van der Waals surface area contributed by atoms with Crippen LogP contribution < -0.4 is 10.1 Å². The second kappa shape index (κ2) is 11.7. The summed E-state index contributed by atoms with van der Waals surface area (Å²) in [5.74, 6) is 0.592. The molecule has 0 unspecified atom stereocenters. The Morgan fingerprint density at radius 1 is 1.10 bits per heavy atom. The van der Waals surface area contributed by atoms with Crippen molar-refractivity contribution in [1.29, 1.82) is 0 Å². The van der Waals surface area contributed by atoms with Crippen LogP contribution in [0.3, 0.4) is 0 Å². The van der Waals surface area contributed by atoms with Gasteiger partial charge in [0.2, 0.25) is 5.91 Å². The molecule has 6 heteroatoms. The molecule has 0 aliphatic carbocycles. The number of ether oxygens (including phenoxy) is 1. The maximum absolute atomic E-state index is 13.1. The van der Waals surface area contributed by atoms with Crippen LogP contribution in [-0.2, 0) is 16.1 Å². The molecule has 2 aromatic rings. The first kappa shape index (κ1) is 23.9. The quantitative estimate of drug-likeness (QED) is 0.532. The van der Waals surface area contributed by atoms with Crippen molar-refractivity contribution in [2.75, 3.05) is 13.2 Å². The van der Waals surface area contributed by atoms with Gasteiger partial charge in [-0.05, 0) is 48.6 Å². The van der Waals surface area contributed by atoms with E-state index in [4.69, 9.17) is 4.74 Å². The van der Waals surface area contributed by atoms with E-state index in [1.807, 2.05) is 55.5 Å². The topological polar surface area (TPSA) is 58.6 Å². The zero-order valence-electron chi connectivity index (χ0n) is 18.2. The van der Waals surface area contributed by atoms with Crippen LogP contribution in [0.4, 0.5) is 0 Å². The van der Waals surface area contributed by atoms with E-state index in [2.05, 4.69) is 35.1 Å². The first-order chi connectivity index (χ1) is 14.3. The molecule has 1 N–H and O–H groups in total. The Balaban J connectivity index is 2.18. The third-order valence-electron chi connectivity index (χ3n) is 4.85. The van der Waals surface area contributed by atoms with Crippen molar-refractivity contribution in [2.45, 2.75) is 52.6 Å². The lowest BCUT2D eigenvalue weighted by Crippen LogP contribution is -2.49. The third-order valence-corrected chi connectivity index (χ3v) is 5.34. The normalized spacial score (nSPS) is 11.8. The molecule has 0 saturated heterocycles. The molecule has 0 aliphatic rings. The van der Waals surface area contributed by atoms with E-state index >= 15 is 0 Å². The number of nitrogens with zero attached hydrogens (tertiary/aromatic N) is 1. The van der Waals surface area contributed by atoms with Crippen molar-refractivity contribution in [3.8, 4) is 5.75 Å². The van der Waals surface area contributed by atoms with Crippen molar-refractivity contribution in [2.24, 2.45) is 0 Å². The van der Waals surface area contributed by atoms with Crippen molar-refractivity contribution >= 4 is 27.7 Å². The van der Waals surface area contributed by atoms with Crippen molar-refractivity contribution in [3.63, 3.8) is 0 Å². The predicted octanol–water partition coefficient (Wildman–Crippen LogP) is 4.89. The average molecular weight is 475 g/mol. The molecule has 162 valence electrons. The molecule has 0 bridgehead atoms. The molecule has 30 heavy (non-hydrogen) atoms. The van der Waals surface area contributed by atoms with E-state index in [1.165, 1.54) is 0 Å². The first-order valence-corrected chi connectivity index (χ1v) is 11.2. The Morgan fingerprint density at radius 3 is 2.50 bits per heavy atom. The lowest BCUT2D eigenvalue weighted by atomic mass is 10.0. The first-order valence-electron chi connectivity index (χ1n) is 10.4.